The summed E-state index contributed by atoms with van der Waals surface area (Å²) >= 11 is 1.33. The number of carbonyl (C=O) groups is 1. The van der Waals surface area contributed by atoms with Crippen LogP contribution in [0.25, 0.3) is 21.5 Å². The Morgan fingerprint density at radius 3 is 2.83 bits per heavy atom. The minimum absolute atomic E-state index is 0.225. The van der Waals surface area contributed by atoms with E-state index < -0.39 is 0 Å². The van der Waals surface area contributed by atoms with Crippen molar-refractivity contribution in [3.05, 3.63) is 64.9 Å². The molecule has 0 radical (unpaired) electrons. The molecule has 0 fully saturated rings. The van der Waals surface area contributed by atoms with E-state index in [9.17, 15) is 4.79 Å². The second-order valence-corrected chi connectivity index (χ2v) is 8.22. The number of thiophene rings is 1. The number of aromatic nitrogens is 1. The second-order valence-electron chi connectivity index (χ2n) is 7.22. The van der Waals surface area contributed by atoms with Gasteiger partial charge in [0.2, 0.25) is 0 Å². The lowest BCUT2D eigenvalue weighted by Gasteiger charge is -2.26. The van der Waals surface area contributed by atoms with Crippen molar-refractivity contribution in [2.75, 3.05) is 24.6 Å². The Hall–Kier alpha value is -3.16. The van der Waals surface area contributed by atoms with Gasteiger partial charge in [-0.05, 0) is 36.9 Å². The smallest absolute Gasteiger partial charge is 0.267 e. The standard InChI is InChI=1S/C22H20N4O2S/c1-26-10-9-15-14(12-26)17(16-8-5-11-28-16)18-19(23)20(29-22(18)25-15)21(27)24-13-6-3-2-4-7-13/h2-8,11H,9-10,12,23H2,1H3,(H,24,27). The van der Waals surface area contributed by atoms with Crippen LogP contribution >= 0.6 is 11.3 Å². The molecule has 0 atom stereocenters. The van der Waals surface area contributed by atoms with E-state index in [-0.39, 0.29) is 5.91 Å². The van der Waals surface area contributed by atoms with E-state index in [2.05, 4.69) is 17.3 Å². The third-order valence-corrected chi connectivity index (χ3v) is 6.33. The van der Waals surface area contributed by atoms with Crippen molar-refractivity contribution < 1.29 is 9.21 Å². The molecule has 4 heterocycles. The molecule has 3 aromatic heterocycles. The molecule has 29 heavy (non-hydrogen) atoms. The highest BCUT2D eigenvalue weighted by molar-refractivity contribution is 7.21. The van der Waals surface area contributed by atoms with Crippen LogP contribution in [-0.4, -0.2) is 29.4 Å². The number of anilines is 2. The highest BCUT2D eigenvalue weighted by Gasteiger charge is 2.28. The lowest BCUT2D eigenvalue weighted by atomic mass is 9.95. The molecule has 0 spiro atoms. The van der Waals surface area contributed by atoms with Gasteiger partial charge in [0.05, 0.1) is 12.0 Å². The van der Waals surface area contributed by atoms with Crippen molar-refractivity contribution in [3.8, 4) is 11.3 Å². The summed E-state index contributed by atoms with van der Waals surface area (Å²) in [5.74, 6) is 0.528. The molecule has 1 aromatic carbocycles. The highest BCUT2D eigenvalue weighted by atomic mass is 32.1. The number of hydrogen-bond donors (Lipinski definition) is 2. The number of nitrogens with zero attached hydrogens (tertiary/aromatic N) is 2. The first-order valence-corrected chi connectivity index (χ1v) is 10.3. The zero-order chi connectivity index (χ0) is 20.0. The van der Waals surface area contributed by atoms with E-state index in [0.717, 1.165) is 58.0 Å². The molecule has 4 aromatic rings. The van der Waals surface area contributed by atoms with Crippen LogP contribution < -0.4 is 11.1 Å². The molecule has 1 aliphatic heterocycles. The number of likely N-dealkylation sites (N-methyl/N-ethyl adjacent to an activating group) is 1. The topological polar surface area (TPSA) is 84.4 Å². The molecule has 6 nitrogen and oxygen atoms in total. The summed E-state index contributed by atoms with van der Waals surface area (Å²) < 4.78 is 5.75. The first kappa shape index (κ1) is 17.9. The van der Waals surface area contributed by atoms with Gasteiger partial charge in [0.25, 0.3) is 5.91 Å². The van der Waals surface area contributed by atoms with Crippen molar-refractivity contribution >= 4 is 38.8 Å². The van der Waals surface area contributed by atoms with E-state index in [0.29, 0.717) is 10.6 Å². The summed E-state index contributed by atoms with van der Waals surface area (Å²) in [6.07, 6.45) is 2.52. The van der Waals surface area contributed by atoms with Gasteiger partial charge in [0.1, 0.15) is 15.5 Å². The van der Waals surface area contributed by atoms with Crippen LogP contribution in [0.5, 0.6) is 0 Å². The molecule has 0 aliphatic carbocycles. The summed E-state index contributed by atoms with van der Waals surface area (Å²) in [4.78, 5) is 21.3. The maximum atomic E-state index is 12.9. The molecule has 0 saturated heterocycles. The predicted molar refractivity (Wildman–Crippen MR) is 116 cm³/mol. The van der Waals surface area contributed by atoms with E-state index in [1.54, 1.807) is 6.26 Å². The van der Waals surface area contributed by atoms with Crippen molar-refractivity contribution in [1.82, 2.24) is 9.88 Å². The minimum Gasteiger partial charge on any atom is -0.464 e. The third-order valence-electron chi connectivity index (χ3n) is 5.23. The fourth-order valence-corrected chi connectivity index (χ4v) is 4.85. The van der Waals surface area contributed by atoms with Crippen molar-refractivity contribution in [2.24, 2.45) is 0 Å². The summed E-state index contributed by atoms with van der Waals surface area (Å²) in [6.45, 7) is 1.72. The summed E-state index contributed by atoms with van der Waals surface area (Å²) in [5.41, 5.74) is 10.8. The Balaban J connectivity index is 1.69. The monoisotopic (exact) mass is 404 g/mol. The minimum atomic E-state index is -0.225. The lowest BCUT2D eigenvalue weighted by molar-refractivity contribution is 0.103. The number of para-hydroxylation sites is 1. The fourth-order valence-electron chi connectivity index (χ4n) is 3.83. The number of carbonyl (C=O) groups excluding carboxylic acids is 1. The van der Waals surface area contributed by atoms with Crippen molar-refractivity contribution in [3.63, 3.8) is 0 Å². The van der Waals surface area contributed by atoms with Crippen LogP contribution in [-0.2, 0) is 13.0 Å². The molecular weight excluding hydrogens is 384 g/mol. The summed E-state index contributed by atoms with van der Waals surface area (Å²) in [5, 5.41) is 3.73. The largest absolute Gasteiger partial charge is 0.464 e. The fraction of sp³-hybridized carbons (Fsp3) is 0.182. The van der Waals surface area contributed by atoms with Crippen LogP contribution in [0.3, 0.4) is 0 Å². The van der Waals surface area contributed by atoms with Gasteiger partial charge in [-0.15, -0.1) is 11.3 Å². The van der Waals surface area contributed by atoms with Crippen LogP contribution in [0.15, 0.2) is 53.1 Å². The maximum Gasteiger partial charge on any atom is 0.267 e. The first-order chi connectivity index (χ1) is 14.1. The maximum absolute atomic E-state index is 12.9. The number of hydrogen-bond acceptors (Lipinski definition) is 6. The Kier molecular flexibility index (Phi) is 4.34. The normalized spacial score (nSPS) is 14.1. The van der Waals surface area contributed by atoms with Crippen LogP contribution in [0.4, 0.5) is 11.4 Å². The van der Waals surface area contributed by atoms with E-state index >= 15 is 0 Å². The predicted octanol–water partition coefficient (Wildman–Crippen LogP) is 4.38. The molecular formula is C22H20N4O2S. The number of benzene rings is 1. The number of pyridine rings is 1. The number of nitrogens with one attached hydrogen (secondary N) is 1. The highest BCUT2D eigenvalue weighted by Crippen LogP contribution is 2.43. The summed E-state index contributed by atoms with van der Waals surface area (Å²) in [6, 6.07) is 13.2. The van der Waals surface area contributed by atoms with Gasteiger partial charge in [-0.25, -0.2) is 4.98 Å². The Labute approximate surface area is 172 Å². The average molecular weight is 404 g/mol. The van der Waals surface area contributed by atoms with Crippen molar-refractivity contribution in [1.29, 1.82) is 0 Å². The molecule has 3 N–H and O–H groups in total. The SMILES string of the molecule is CN1CCc2nc3sc(C(=O)Nc4ccccc4)c(N)c3c(-c3ccco3)c2C1. The number of rotatable bonds is 3. The van der Waals surface area contributed by atoms with Gasteiger partial charge >= 0.3 is 0 Å². The molecule has 5 rings (SSSR count). The Morgan fingerprint density at radius 1 is 1.24 bits per heavy atom. The van der Waals surface area contributed by atoms with Crippen molar-refractivity contribution in [2.45, 2.75) is 13.0 Å². The Bertz CT molecular complexity index is 1200. The van der Waals surface area contributed by atoms with Crippen LogP contribution in [0.2, 0.25) is 0 Å². The molecule has 146 valence electrons. The molecule has 0 bridgehead atoms. The third kappa shape index (κ3) is 3.08. The first-order valence-electron chi connectivity index (χ1n) is 9.44. The molecule has 1 aliphatic rings. The van der Waals surface area contributed by atoms with Gasteiger partial charge in [-0.2, -0.15) is 0 Å². The van der Waals surface area contributed by atoms with Crippen LogP contribution in [0, 0.1) is 0 Å². The summed E-state index contributed by atoms with van der Waals surface area (Å²) in [7, 11) is 2.09. The van der Waals surface area contributed by atoms with Gasteiger partial charge in [-0.1, -0.05) is 18.2 Å². The van der Waals surface area contributed by atoms with Gasteiger partial charge in [-0.3, -0.25) is 4.79 Å². The van der Waals surface area contributed by atoms with E-state index in [1.807, 2.05) is 42.5 Å². The van der Waals surface area contributed by atoms with Gasteiger partial charge < -0.3 is 20.4 Å². The quantitative estimate of drug-likeness (QED) is 0.529. The number of nitrogen functional groups attached to an aromatic ring is 1. The molecule has 0 saturated carbocycles. The van der Waals surface area contributed by atoms with Crippen LogP contribution in [0.1, 0.15) is 20.9 Å². The number of furan rings is 1. The zero-order valence-corrected chi connectivity index (χ0v) is 16.8. The zero-order valence-electron chi connectivity index (χ0n) is 15.9. The molecule has 7 heteroatoms. The Morgan fingerprint density at radius 2 is 2.07 bits per heavy atom. The molecule has 1 amide bonds. The average Bonchev–Trinajstić information content (AvgIpc) is 3.36. The second kappa shape index (κ2) is 7.02. The van der Waals surface area contributed by atoms with E-state index in [1.165, 1.54) is 11.3 Å². The molecule has 0 unspecified atom stereocenters. The van der Waals surface area contributed by atoms with E-state index in [4.69, 9.17) is 15.1 Å². The lowest BCUT2D eigenvalue weighted by Crippen LogP contribution is -2.27. The number of nitrogens with two attached hydrogens (primary N) is 1. The van der Waals surface area contributed by atoms with Gasteiger partial charge in [0.15, 0.2) is 0 Å². The number of fused-ring (bicyclic) bond motifs is 2. The number of amides is 1. The van der Waals surface area contributed by atoms with Gasteiger partial charge in [0, 0.05) is 41.8 Å².